The second kappa shape index (κ2) is 7.11. The largest absolute Gasteiger partial charge is 0.495 e. The number of nitrogens with one attached hydrogen (secondary N) is 1. The molecule has 0 saturated heterocycles. The predicted octanol–water partition coefficient (Wildman–Crippen LogP) is 5.62. The SMILES string of the molecule is COc1ccc(-c2ccc(C(=O)Nc3cccc(Br)c3)o2)cc1Cl. The Balaban J connectivity index is 1.80. The van der Waals surface area contributed by atoms with Crippen molar-refractivity contribution in [3.05, 3.63) is 69.9 Å². The maximum absolute atomic E-state index is 12.3. The van der Waals surface area contributed by atoms with Crippen molar-refractivity contribution < 1.29 is 13.9 Å². The lowest BCUT2D eigenvalue weighted by Gasteiger charge is -2.05. The molecule has 0 aliphatic heterocycles. The fourth-order valence-electron chi connectivity index (χ4n) is 2.19. The van der Waals surface area contributed by atoms with E-state index in [4.69, 9.17) is 20.8 Å². The van der Waals surface area contributed by atoms with E-state index in [-0.39, 0.29) is 11.7 Å². The molecule has 1 heterocycles. The highest BCUT2D eigenvalue weighted by Gasteiger charge is 2.13. The van der Waals surface area contributed by atoms with E-state index in [2.05, 4.69) is 21.2 Å². The second-order valence-corrected chi connectivity index (χ2v) is 6.30. The quantitative estimate of drug-likeness (QED) is 0.611. The molecule has 0 saturated carbocycles. The van der Waals surface area contributed by atoms with Crippen molar-refractivity contribution in [2.75, 3.05) is 12.4 Å². The van der Waals surface area contributed by atoms with Crippen molar-refractivity contribution in [2.45, 2.75) is 0 Å². The van der Waals surface area contributed by atoms with Gasteiger partial charge in [0.05, 0.1) is 12.1 Å². The lowest BCUT2D eigenvalue weighted by atomic mass is 10.2. The van der Waals surface area contributed by atoms with Gasteiger partial charge in [-0.1, -0.05) is 33.6 Å². The third-order valence-corrected chi connectivity index (χ3v) is 4.14. The zero-order valence-corrected chi connectivity index (χ0v) is 15.0. The first kappa shape index (κ1) is 16.6. The topological polar surface area (TPSA) is 51.5 Å². The van der Waals surface area contributed by atoms with Crippen molar-refractivity contribution in [3.63, 3.8) is 0 Å². The van der Waals surface area contributed by atoms with Gasteiger partial charge in [0.15, 0.2) is 5.76 Å². The smallest absolute Gasteiger partial charge is 0.291 e. The molecule has 6 heteroatoms. The van der Waals surface area contributed by atoms with Crippen molar-refractivity contribution in [1.29, 1.82) is 0 Å². The predicted molar refractivity (Wildman–Crippen MR) is 97.8 cm³/mol. The number of carbonyl (C=O) groups excluding carboxylic acids is 1. The molecule has 0 unspecified atom stereocenters. The zero-order valence-electron chi connectivity index (χ0n) is 12.7. The van der Waals surface area contributed by atoms with Gasteiger partial charge in [-0.2, -0.15) is 0 Å². The molecule has 0 radical (unpaired) electrons. The van der Waals surface area contributed by atoms with Gasteiger partial charge in [0, 0.05) is 15.7 Å². The van der Waals surface area contributed by atoms with Crippen LogP contribution in [0.25, 0.3) is 11.3 Å². The van der Waals surface area contributed by atoms with E-state index >= 15 is 0 Å². The van der Waals surface area contributed by atoms with Gasteiger partial charge in [-0.05, 0) is 48.5 Å². The van der Waals surface area contributed by atoms with Gasteiger partial charge in [0.2, 0.25) is 0 Å². The van der Waals surface area contributed by atoms with E-state index in [1.165, 1.54) is 0 Å². The van der Waals surface area contributed by atoms with E-state index in [0.717, 1.165) is 10.0 Å². The number of anilines is 1. The third kappa shape index (κ3) is 3.63. The number of benzene rings is 2. The summed E-state index contributed by atoms with van der Waals surface area (Å²) in [6, 6.07) is 16.0. The number of rotatable bonds is 4. The molecule has 3 rings (SSSR count). The van der Waals surface area contributed by atoms with Crippen LogP contribution in [0.3, 0.4) is 0 Å². The van der Waals surface area contributed by atoms with E-state index < -0.39 is 0 Å². The molecule has 2 aromatic carbocycles. The molecule has 24 heavy (non-hydrogen) atoms. The van der Waals surface area contributed by atoms with Crippen LogP contribution in [0.5, 0.6) is 5.75 Å². The number of amides is 1. The van der Waals surface area contributed by atoms with Crippen molar-refractivity contribution in [1.82, 2.24) is 0 Å². The molecular weight excluding hydrogens is 394 g/mol. The van der Waals surface area contributed by atoms with Crippen LogP contribution in [0, 0.1) is 0 Å². The summed E-state index contributed by atoms with van der Waals surface area (Å²) in [6.45, 7) is 0. The molecule has 0 aliphatic carbocycles. The van der Waals surface area contributed by atoms with Crippen LogP contribution in [0.15, 0.2) is 63.5 Å². The van der Waals surface area contributed by atoms with Crippen LogP contribution >= 0.6 is 27.5 Å². The summed E-state index contributed by atoms with van der Waals surface area (Å²) in [5.41, 5.74) is 1.45. The lowest BCUT2D eigenvalue weighted by molar-refractivity contribution is 0.0997. The van der Waals surface area contributed by atoms with E-state index in [1.807, 2.05) is 24.3 Å². The number of hydrogen-bond acceptors (Lipinski definition) is 3. The van der Waals surface area contributed by atoms with Gasteiger partial charge in [-0.25, -0.2) is 0 Å². The number of carbonyl (C=O) groups is 1. The van der Waals surface area contributed by atoms with Gasteiger partial charge >= 0.3 is 0 Å². The Hall–Kier alpha value is -2.24. The van der Waals surface area contributed by atoms with Gasteiger partial charge in [0.25, 0.3) is 5.91 Å². The molecule has 0 atom stereocenters. The number of hydrogen-bond donors (Lipinski definition) is 1. The lowest BCUT2D eigenvalue weighted by Crippen LogP contribution is -2.10. The average molecular weight is 407 g/mol. The van der Waals surface area contributed by atoms with Gasteiger partial charge in [0.1, 0.15) is 11.5 Å². The van der Waals surface area contributed by atoms with Crippen molar-refractivity contribution >= 4 is 39.1 Å². The van der Waals surface area contributed by atoms with Crippen LogP contribution in [-0.4, -0.2) is 13.0 Å². The van der Waals surface area contributed by atoms with E-state index in [0.29, 0.717) is 22.2 Å². The standard InChI is InChI=1S/C18H13BrClNO3/c1-23-16-6-5-11(9-14(16)20)15-7-8-17(24-15)18(22)21-13-4-2-3-12(19)10-13/h2-10H,1H3,(H,21,22). The molecule has 0 spiro atoms. The molecule has 1 N–H and O–H groups in total. The molecule has 4 nitrogen and oxygen atoms in total. The summed E-state index contributed by atoms with van der Waals surface area (Å²) in [4.78, 5) is 12.3. The van der Waals surface area contributed by atoms with E-state index in [1.54, 1.807) is 37.4 Å². The Morgan fingerprint density at radius 3 is 2.71 bits per heavy atom. The Labute approximate surface area is 152 Å². The molecule has 0 aliphatic rings. The molecule has 3 aromatic rings. The highest BCUT2D eigenvalue weighted by Crippen LogP contribution is 2.31. The summed E-state index contributed by atoms with van der Waals surface area (Å²) < 4.78 is 11.6. The maximum Gasteiger partial charge on any atom is 0.291 e. The molecular formula is C18H13BrClNO3. The Morgan fingerprint density at radius 2 is 2.00 bits per heavy atom. The minimum Gasteiger partial charge on any atom is -0.495 e. The first-order valence-corrected chi connectivity index (χ1v) is 8.24. The summed E-state index contributed by atoms with van der Waals surface area (Å²) in [7, 11) is 1.55. The van der Waals surface area contributed by atoms with Gasteiger partial charge in [-0.15, -0.1) is 0 Å². The van der Waals surface area contributed by atoms with Crippen LogP contribution in [0.2, 0.25) is 5.02 Å². The first-order valence-electron chi connectivity index (χ1n) is 7.07. The molecule has 122 valence electrons. The third-order valence-electron chi connectivity index (χ3n) is 3.35. The summed E-state index contributed by atoms with van der Waals surface area (Å²) >= 11 is 9.48. The van der Waals surface area contributed by atoms with Crippen LogP contribution in [0.1, 0.15) is 10.6 Å². The Kier molecular flexibility index (Phi) is 4.92. The highest BCUT2D eigenvalue weighted by atomic mass is 79.9. The van der Waals surface area contributed by atoms with Crippen molar-refractivity contribution in [3.8, 4) is 17.1 Å². The van der Waals surface area contributed by atoms with Crippen LogP contribution in [0.4, 0.5) is 5.69 Å². The van der Waals surface area contributed by atoms with Gasteiger partial charge in [-0.3, -0.25) is 4.79 Å². The normalized spacial score (nSPS) is 10.5. The van der Waals surface area contributed by atoms with Gasteiger partial charge < -0.3 is 14.5 Å². The highest BCUT2D eigenvalue weighted by molar-refractivity contribution is 9.10. The van der Waals surface area contributed by atoms with Crippen molar-refractivity contribution in [2.24, 2.45) is 0 Å². The fraction of sp³-hybridized carbons (Fsp3) is 0.0556. The number of halogens is 2. The first-order chi connectivity index (χ1) is 11.6. The summed E-state index contributed by atoms with van der Waals surface area (Å²) in [5, 5.41) is 3.26. The molecule has 1 amide bonds. The molecule has 0 bridgehead atoms. The number of methoxy groups -OCH3 is 1. The number of furan rings is 1. The summed E-state index contributed by atoms with van der Waals surface area (Å²) in [5.74, 6) is 1.04. The minimum atomic E-state index is -0.320. The van der Waals surface area contributed by atoms with E-state index in [9.17, 15) is 4.79 Å². The van der Waals surface area contributed by atoms with Crippen LogP contribution < -0.4 is 10.1 Å². The monoisotopic (exact) mass is 405 g/mol. The number of ether oxygens (including phenoxy) is 1. The maximum atomic E-state index is 12.3. The second-order valence-electron chi connectivity index (χ2n) is 4.98. The van der Waals surface area contributed by atoms with Crippen LogP contribution in [-0.2, 0) is 0 Å². The minimum absolute atomic E-state index is 0.219. The summed E-state index contributed by atoms with van der Waals surface area (Å²) in [6.07, 6.45) is 0. The Bertz CT molecular complexity index is 891. The fourth-order valence-corrected chi connectivity index (χ4v) is 2.85. The molecule has 0 fully saturated rings. The Morgan fingerprint density at radius 1 is 1.17 bits per heavy atom. The zero-order chi connectivity index (χ0) is 17.1. The average Bonchev–Trinajstić information content (AvgIpc) is 3.05. The molecule has 1 aromatic heterocycles.